The minimum absolute atomic E-state index is 0.107. The molecule has 0 fully saturated rings. The van der Waals surface area contributed by atoms with Crippen molar-refractivity contribution in [2.45, 2.75) is 10.6 Å². The molecule has 124 valence electrons. The molecular weight excluding hydrogens is 372 g/mol. The number of pyridine rings is 1. The third kappa shape index (κ3) is 3.66. The van der Waals surface area contributed by atoms with Crippen molar-refractivity contribution in [1.82, 2.24) is 4.98 Å². The SMILES string of the molecule is O=C(O)Cc1cccc(NS(=O)(=O)c2cc3nc(Cl)ccc3s2)c1. The van der Waals surface area contributed by atoms with E-state index in [4.69, 9.17) is 16.7 Å². The van der Waals surface area contributed by atoms with Crippen LogP contribution in [0.15, 0.2) is 46.7 Å². The van der Waals surface area contributed by atoms with Crippen molar-refractivity contribution >= 4 is 54.8 Å². The summed E-state index contributed by atoms with van der Waals surface area (Å²) < 4.78 is 28.3. The fourth-order valence-corrected chi connectivity index (χ4v) is 4.66. The normalized spacial score (nSPS) is 11.5. The number of rotatable bonds is 5. The second-order valence-electron chi connectivity index (χ2n) is 4.96. The van der Waals surface area contributed by atoms with E-state index in [1.807, 2.05) is 0 Å². The molecule has 6 nitrogen and oxygen atoms in total. The number of hydrogen-bond donors (Lipinski definition) is 2. The van der Waals surface area contributed by atoms with Gasteiger partial charge in [-0.3, -0.25) is 9.52 Å². The molecular formula is C15H11ClN2O4S2. The molecule has 2 aromatic heterocycles. The number of aliphatic carboxylic acids is 1. The number of carboxylic acid groups (broad SMARTS) is 1. The zero-order valence-corrected chi connectivity index (χ0v) is 14.5. The summed E-state index contributed by atoms with van der Waals surface area (Å²) in [4.78, 5) is 14.8. The summed E-state index contributed by atoms with van der Waals surface area (Å²) in [6.07, 6.45) is -0.180. The van der Waals surface area contributed by atoms with Gasteiger partial charge in [0.2, 0.25) is 0 Å². The topological polar surface area (TPSA) is 96.4 Å². The summed E-state index contributed by atoms with van der Waals surface area (Å²) in [6, 6.07) is 11.0. The van der Waals surface area contributed by atoms with Gasteiger partial charge in [-0.2, -0.15) is 0 Å². The number of hydrogen-bond acceptors (Lipinski definition) is 5. The highest BCUT2D eigenvalue weighted by Crippen LogP contribution is 2.30. The highest BCUT2D eigenvalue weighted by molar-refractivity contribution is 7.94. The van der Waals surface area contributed by atoms with Crippen LogP contribution in [0, 0.1) is 0 Å². The number of sulfonamides is 1. The van der Waals surface area contributed by atoms with E-state index in [1.54, 1.807) is 30.3 Å². The number of benzene rings is 1. The standard InChI is InChI=1S/C15H11ClN2O4S2/c16-13-5-4-12-11(17-13)8-15(23-12)24(21,22)18-10-3-1-2-9(6-10)7-14(19)20/h1-6,8,18H,7H2,(H,19,20). The fourth-order valence-electron chi connectivity index (χ4n) is 2.13. The molecule has 9 heteroatoms. The summed E-state index contributed by atoms with van der Waals surface area (Å²) in [5.41, 5.74) is 1.32. The molecule has 0 amide bonds. The number of fused-ring (bicyclic) bond motifs is 1. The lowest BCUT2D eigenvalue weighted by Crippen LogP contribution is -2.11. The average Bonchev–Trinajstić information content (AvgIpc) is 2.90. The molecule has 0 aliphatic rings. The Balaban J connectivity index is 1.91. The van der Waals surface area contributed by atoms with Crippen molar-refractivity contribution in [2.75, 3.05) is 4.72 Å². The number of nitrogens with zero attached hydrogens (tertiary/aromatic N) is 1. The van der Waals surface area contributed by atoms with Crippen molar-refractivity contribution in [2.24, 2.45) is 0 Å². The van der Waals surface area contributed by atoms with Crippen LogP contribution in [0.4, 0.5) is 5.69 Å². The Morgan fingerprint density at radius 2 is 2.04 bits per heavy atom. The van der Waals surface area contributed by atoms with Crippen molar-refractivity contribution < 1.29 is 18.3 Å². The number of thiophene rings is 1. The monoisotopic (exact) mass is 382 g/mol. The molecule has 2 heterocycles. The van der Waals surface area contributed by atoms with Crippen LogP contribution in [0.1, 0.15) is 5.56 Å². The van der Waals surface area contributed by atoms with Gasteiger partial charge in [-0.1, -0.05) is 23.7 Å². The first kappa shape index (κ1) is 16.7. The molecule has 0 atom stereocenters. The number of anilines is 1. The molecule has 0 saturated carbocycles. The number of carbonyl (C=O) groups is 1. The van der Waals surface area contributed by atoms with Crippen LogP contribution >= 0.6 is 22.9 Å². The third-order valence-corrected chi connectivity index (χ3v) is 6.27. The summed E-state index contributed by atoms with van der Waals surface area (Å²) in [5.74, 6) is -0.984. The summed E-state index contributed by atoms with van der Waals surface area (Å²) in [7, 11) is -3.80. The number of carboxylic acids is 1. The van der Waals surface area contributed by atoms with Gasteiger partial charge in [0.05, 0.1) is 16.6 Å². The van der Waals surface area contributed by atoms with Crippen molar-refractivity contribution in [3.05, 3.63) is 53.2 Å². The van der Waals surface area contributed by atoms with Crippen LogP contribution in [-0.2, 0) is 21.2 Å². The van der Waals surface area contributed by atoms with Gasteiger partial charge >= 0.3 is 5.97 Å². The Kier molecular flexibility index (Phi) is 4.44. The van der Waals surface area contributed by atoms with Gasteiger partial charge in [-0.05, 0) is 35.9 Å². The van der Waals surface area contributed by atoms with E-state index in [0.717, 1.165) is 11.3 Å². The predicted molar refractivity (Wildman–Crippen MR) is 93.2 cm³/mol. The first-order valence-electron chi connectivity index (χ1n) is 6.73. The number of aromatic nitrogens is 1. The molecule has 1 aromatic carbocycles. The Labute approximate surface area is 146 Å². The minimum Gasteiger partial charge on any atom is -0.481 e. The van der Waals surface area contributed by atoms with Gasteiger partial charge in [0.15, 0.2) is 0 Å². The van der Waals surface area contributed by atoms with Crippen LogP contribution in [0.25, 0.3) is 10.2 Å². The molecule has 0 bridgehead atoms. The van der Waals surface area contributed by atoms with Crippen LogP contribution < -0.4 is 4.72 Å². The molecule has 0 aliphatic carbocycles. The van der Waals surface area contributed by atoms with Gasteiger partial charge < -0.3 is 5.11 Å². The zero-order valence-electron chi connectivity index (χ0n) is 12.1. The van der Waals surface area contributed by atoms with E-state index >= 15 is 0 Å². The largest absolute Gasteiger partial charge is 0.481 e. The summed E-state index contributed by atoms with van der Waals surface area (Å²) in [5, 5.41) is 9.11. The molecule has 0 spiro atoms. The Morgan fingerprint density at radius 1 is 1.25 bits per heavy atom. The molecule has 0 aliphatic heterocycles. The Hall–Kier alpha value is -2.16. The molecule has 2 N–H and O–H groups in total. The van der Waals surface area contributed by atoms with Crippen LogP contribution in [0.2, 0.25) is 5.15 Å². The van der Waals surface area contributed by atoms with Crippen molar-refractivity contribution in [3.63, 3.8) is 0 Å². The van der Waals surface area contributed by atoms with Gasteiger partial charge in [0.25, 0.3) is 10.0 Å². The fraction of sp³-hybridized carbons (Fsp3) is 0.0667. The smallest absolute Gasteiger partial charge is 0.307 e. The average molecular weight is 383 g/mol. The van der Waals surface area contributed by atoms with E-state index in [-0.39, 0.29) is 10.6 Å². The van der Waals surface area contributed by atoms with Crippen LogP contribution in [0.5, 0.6) is 0 Å². The lowest BCUT2D eigenvalue weighted by atomic mass is 10.1. The zero-order chi connectivity index (χ0) is 17.3. The number of halogens is 1. The predicted octanol–water partition coefficient (Wildman–Crippen LogP) is 3.38. The maximum absolute atomic E-state index is 12.5. The highest BCUT2D eigenvalue weighted by Gasteiger charge is 2.18. The lowest BCUT2D eigenvalue weighted by Gasteiger charge is -2.07. The van der Waals surface area contributed by atoms with E-state index < -0.39 is 16.0 Å². The summed E-state index contributed by atoms with van der Waals surface area (Å²) >= 11 is 6.89. The van der Waals surface area contributed by atoms with Crippen molar-refractivity contribution in [1.29, 1.82) is 0 Å². The second-order valence-corrected chi connectivity index (χ2v) is 8.34. The first-order valence-corrected chi connectivity index (χ1v) is 9.41. The Morgan fingerprint density at radius 3 is 2.79 bits per heavy atom. The second kappa shape index (κ2) is 6.39. The third-order valence-electron chi connectivity index (χ3n) is 3.12. The minimum atomic E-state index is -3.80. The highest BCUT2D eigenvalue weighted by atomic mass is 35.5. The first-order chi connectivity index (χ1) is 11.3. The summed E-state index contributed by atoms with van der Waals surface area (Å²) in [6.45, 7) is 0. The van der Waals surface area contributed by atoms with Gasteiger partial charge in [0.1, 0.15) is 9.36 Å². The van der Waals surface area contributed by atoms with Crippen LogP contribution in [0.3, 0.4) is 0 Å². The number of nitrogens with one attached hydrogen (secondary N) is 1. The molecule has 24 heavy (non-hydrogen) atoms. The van der Waals surface area contributed by atoms with Crippen LogP contribution in [-0.4, -0.2) is 24.5 Å². The van der Waals surface area contributed by atoms with Crippen molar-refractivity contribution in [3.8, 4) is 0 Å². The molecule has 0 saturated heterocycles. The Bertz CT molecular complexity index is 1030. The molecule has 0 radical (unpaired) electrons. The molecule has 3 rings (SSSR count). The molecule has 0 unspecified atom stereocenters. The van der Waals surface area contributed by atoms with E-state index in [2.05, 4.69) is 9.71 Å². The molecule has 3 aromatic rings. The van der Waals surface area contributed by atoms with E-state index in [0.29, 0.717) is 26.6 Å². The maximum atomic E-state index is 12.5. The lowest BCUT2D eigenvalue weighted by molar-refractivity contribution is -0.136. The van der Waals surface area contributed by atoms with E-state index in [9.17, 15) is 13.2 Å². The van der Waals surface area contributed by atoms with Gasteiger partial charge in [0, 0.05) is 5.69 Å². The van der Waals surface area contributed by atoms with E-state index in [1.165, 1.54) is 12.1 Å². The van der Waals surface area contributed by atoms with Gasteiger partial charge in [-0.15, -0.1) is 11.3 Å². The quantitative estimate of drug-likeness (QED) is 0.659. The van der Waals surface area contributed by atoms with Gasteiger partial charge in [-0.25, -0.2) is 13.4 Å². The maximum Gasteiger partial charge on any atom is 0.307 e.